The molecule has 27 heavy (non-hydrogen) atoms. The predicted molar refractivity (Wildman–Crippen MR) is 104 cm³/mol. The summed E-state index contributed by atoms with van der Waals surface area (Å²) in [6.45, 7) is 2.67. The van der Waals surface area contributed by atoms with Crippen LogP contribution in [-0.2, 0) is 6.54 Å². The molecule has 7 heteroatoms. The number of hydrogen-bond donors (Lipinski definition) is 0. The van der Waals surface area contributed by atoms with E-state index in [9.17, 15) is 9.59 Å². The summed E-state index contributed by atoms with van der Waals surface area (Å²) in [6, 6.07) is 7.08. The van der Waals surface area contributed by atoms with Gasteiger partial charge in [0.25, 0.3) is 5.56 Å². The maximum Gasteiger partial charge on any atom is 0.352 e. The summed E-state index contributed by atoms with van der Waals surface area (Å²) in [6.07, 6.45) is 7.27. The molecule has 0 N–H and O–H groups in total. The van der Waals surface area contributed by atoms with Crippen LogP contribution in [0, 0.1) is 5.92 Å². The Balaban J connectivity index is 1.75. The van der Waals surface area contributed by atoms with E-state index in [-0.39, 0.29) is 11.6 Å². The second-order valence-electron chi connectivity index (χ2n) is 7.35. The lowest BCUT2D eigenvalue weighted by Gasteiger charge is -2.27. The molecule has 0 radical (unpaired) electrons. The molecule has 1 aromatic rings. The predicted octanol–water partition coefficient (Wildman–Crippen LogP) is 3.36. The Kier molecular flexibility index (Phi) is 4.83. The molecule has 0 amide bonds. The highest BCUT2D eigenvalue weighted by atomic mass is 35.5. The molecule has 1 fully saturated rings. The lowest BCUT2D eigenvalue weighted by molar-refractivity contribution is 0.278. The Labute approximate surface area is 161 Å². The van der Waals surface area contributed by atoms with Crippen molar-refractivity contribution >= 4 is 11.6 Å². The smallest absolute Gasteiger partial charge is 0.328 e. The summed E-state index contributed by atoms with van der Waals surface area (Å²) in [5.74, 6) is 1.05. The van der Waals surface area contributed by atoms with Gasteiger partial charge in [-0.1, -0.05) is 24.6 Å². The Hall–Kier alpha value is -2.47. The van der Waals surface area contributed by atoms with Gasteiger partial charge in [-0.05, 0) is 55.4 Å². The molecule has 0 unspecified atom stereocenters. The Morgan fingerprint density at radius 1 is 1.15 bits per heavy atom. The van der Waals surface area contributed by atoms with Crippen LogP contribution >= 0.6 is 11.6 Å². The zero-order valence-corrected chi connectivity index (χ0v) is 15.9. The van der Waals surface area contributed by atoms with E-state index in [2.05, 4.69) is 16.9 Å². The average molecular weight is 385 g/mol. The summed E-state index contributed by atoms with van der Waals surface area (Å²) in [5, 5.41) is 0.423. The van der Waals surface area contributed by atoms with Gasteiger partial charge in [-0.3, -0.25) is 9.36 Å². The fourth-order valence-corrected chi connectivity index (χ4v) is 3.95. The Morgan fingerprint density at radius 3 is 2.63 bits per heavy atom. The molecule has 2 aliphatic heterocycles. The Morgan fingerprint density at radius 2 is 1.93 bits per heavy atom. The van der Waals surface area contributed by atoms with E-state index in [4.69, 9.17) is 11.6 Å². The van der Waals surface area contributed by atoms with E-state index in [1.165, 1.54) is 4.57 Å². The molecule has 6 nitrogen and oxygen atoms in total. The normalized spacial score (nSPS) is 20.1. The quantitative estimate of drug-likeness (QED) is 0.649. The summed E-state index contributed by atoms with van der Waals surface area (Å²) < 4.78 is 3.17. The zero-order valence-electron chi connectivity index (χ0n) is 15.1. The van der Waals surface area contributed by atoms with E-state index in [0.717, 1.165) is 31.2 Å². The van der Waals surface area contributed by atoms with Crippen LogP contribution in [0.3, 0.4) is 0 Å². The fourth-order valence-electron chi connectivity index (χ4n) is 3.84. The first-order valence-corrected chi connectivity index (χ1v) is 9.63. The largest absolute Gasteiger partial charge is 0.352 e. The minimum Gasteiger partial charge on any atom is -0.328 e. The molecule has 0 bridgehead atoms. The molecule has 0 atom stereocenters. The second kappa shape index (κ2) is 7.27. The van der Waals surface area contributed by atoms with Gasteiger partial charge in [-0.25, -0.2) is 9.78 Å². The van der Waals surface area contributed by atoms with Gasteiger partial charge in [0.15, 0.2) is 5.82 Å². The van der Waals surface area contributed by atoms with Gasteiger partial charge < -0.3 is 4.57 Å². The van der Waals surface area contributed by atoms with Crippen LogP contribution in [0.4, 0.5) is 0 Å². The SMILES string of the molecule is CC1CCC(n2c(=O)nc3n(Cc4ccc(Cl)nc4)cccc-3c2=O)CC1. The minimum absolute atomic E-state index is 0.0489. The van der Waals surface area contributed by atoms with Gasteiger partial charge in [-0.2, -0.15) is 4.98 Å². The van der Waals surface area contributed by atoms with Crippen molar-refractivity contribution in [2.75, 3.05) is 0 Å². The lowest BCUT2D eigenvalue weighted by Crippen LogP contribution is -2.41. The standard InChI is InChI=1S/C20H21ClN4O2/c1-13-4-7-15(8-5-13)25-19(26)16-3-2-10-24(18(16)23-20(25)27)12-14-6-9-17(21)22-11-14/h2-3,6,9-11,13,15H,4-5,7-8,12H2,1H3. The molecular formula is C20H21ClN4O2. The van der Waals surface area contributed by atoms with E-state index < -0.39 is 5.69 Å². The first-order chi connectivity index (χ1) is 13.0. The van der Waals surface area contributed by atoms with Gasteiger partial charge in [0.05, 0.1) is 12.1 Å². The number of aromatic nitrogens is 4. The van der Waals surface area contributed by atoms with Gasteiger partial charge in [0.2, 0.25) is 0 Å². The molecule has 1 aliphatic carbocycles. The van der Waals surface area contributed by atoms with Gasteiger partial charge in [-0.15, -0.1) is 0 Å². The van der Waals surface area contributed by atoms with Crippen molar-refractivity contribution in [1.82, 2.24) is 19.1 Å². The van der Waals surface area contributed by atoms with Crippen molar-refractivity contribution in [3.63, 3.8) is 0 Å². The van der Waals surface area contributed by atoms with Crippen LogP contribution < -0.4 is 11.2 Å². The monoisotopic (exact) mass is 384 g/mol. The summed E-state index contributed by atoms with van der Waals surface area (Å²) in [4.78, 5) is 34.1. The average Bonchev–Trinajstić information content (AvgIpc) is 2.66. The van der Waals surface area contributed by atoms with Gasteiger partial charge in [0.1, 0.15) is 5.15 Å². The number of hydrogen-bond acceptors (Lipinski definition) is 4. The van der Waals surface area contributed by atoms with Crippen molar-refractivity contribution in [3.8, 4) is 11.4 Å². The minimum atomic E-state index is -0.457. The van der Waals surface area contributed by atoms with Crippen molar-refractivity contribution in [1.29, 1.82) is 0 Å². The van der Waals surface area contributed by atoms with Gasteiger partial charge in [0, 0.05) is 18.4 Å². The third-order valence-corrected chi connectivity index (χ3v) is 5.61. The molecule has 0 aromatic carbocycles. The summed E-state index contributed by atoms with van der Waals surface area (Å²) in [7, 11) is 0. The maximum absolute atomic E-state index is 13.1. The molecule has 0 saturated heterocycles. The van der Waals surface area contributed by atoms with Crippen LogP contribution in [0.5, 0.6) is 0 Å². The van der Waals surface area contributed by atoms with Crippen LogP contribution in [0.15, 0.2) is 46.2 Å². The number of fused-ring (bicyclic) bond motifs is 1. The van der Waals surface area contributed by atoms with E-state index in [1.54, 1.807) is 22.9 Å². The molecule has 4 rings (SSSR count). The topological polar surface area (TPSA) is 69.8 Å². The lowest BCUT2D eigenvalue weighted by atomic mass is 9.87. The maximum atomic E-state index is 13.1. The van der Waals surface area contributed by atoms with Crippen molar-refractivity contribution in [2.45, 2.75) is 45.2 Å². The zero-order chi connectivity index (χ0) is 19.0. The second-order valence-corrected chi connectivity index (χ2v) is 7.73. The molecule has 140 valence electrons. The van der Waals surface area contributed by atoms with Crippen molar-refractivity contribution < 1.29 is 0 Å². The third kappa shape index (κ3) is 3.54. The van der Waals surface area contributed by atoms with Crippen LogP contribution in [-0.4, -0.2) is 19.1 Å². The number of nitrogens with zero attached hydrogens (tertiary/aromatic N) is 4. The van der Waals surface area contributed by atoms with E-state index in [0.29, 0.717) is 29.0 Å². The van der Waals surface area contributed by atoms with Crippen molar-refractivity contribution in [2.24, 2.45) is 5.92 Å². The van der Waals surface area contributed by atoms with Crippen molar-refractivity contribution in [3.05, 3.63) is 68.2 Å². The van der Waals surface area contributed by atoms with E-state index >= 15 is 0 Å². The number of rotatable bonds is 3. The molecule has 3 aliphatic rings. The number of pyridine rings is 2. The van der Waals surface area contributed by atoms with Crippen LogP contribution in [0.1, 0.15) is 44.2 Å². The highest BCUT2D eigenvalue weighted by molar-refractivity contribution is 6.29. The molecule has 1 saturated carbocycles. The first kappa shape index (κ1) is 17.9. The number of halogens is 1. The van der Waals surface area contributed by atoms with Gasteiger partial charge >= 0.3 is 5.69 Å². The molecule has 1 aromatic heterocycles. The Bertz CT molecular complexity index is 1030. The van der Waals surface area contributed by atoms with Crippen LogP contribution in [0.25, 0.3) is 11.4 Å². The molecule has 0 spiro atoms. The molecule has 3 heterocycles. The highest BCUT2D eigenvalue weighted by Crippen LogP contribution is 2.30. The molecular weight excluding hydrogens is 364 g/mol. The third-order valence-electron chi connectivity index (χ3n) is 5.39. The fraction of sp³-hybridized carbons (Fsp3) is 0.400. The highest BCUT2D eigenvalue weighted by Gasteiger charge is 2.25. The summed E-state index contributed by atoms with van der Waals surface area (Å²) in [5.41, 5.74) is 0.684. The first-order valence-electron chi connectivity index (χ1n) is 9.25. The van der Waals surface area contributed by atoms with Crippen LogP contribution in [0.2, 0.25) is 5.15 Å². The van der Waals surface area contributed by atoms with E-state index in [1.807, 2.05) is 18.3 Å². The summed E-state index contributed by atoms with van der Waals surface area (Å²) >= 11 is 5.84.